The summed E-state index contributed by atoms with van der Waals surface area (Å²) in [5.74, 6) is 0. The van der Waals surface area contributed by atoms with Crippen molar-refractivity contribution in [2.75, 3.05) is 0 Å². The molecule has 0 aliphatic heterocycles. The van der Waals surface area contributed by atoms with Gasteiger partial charge < -0.3 is 0 Å². The van der Waals surface area contributed by atoms with E-state index in [-0.39, 0.29) is 0 Å². The fourth-order valence-electron chi connectivity index (χ4n) is 2.23. The SMILES string of the molecule is c1ccc2sc(SC3CCCCC3)nc2c1. The molecular weight excluding hydrogens is 234 g/mol. The van der Waals surface area contributed by atoms with E-state index >= 15 is 0 Å². The fraction of sp³-hybridized carbons (Fsp3) is 0.462. The summed E-state index contributed by atoms with van der Waals surface area (Å²) in [6.45, 7) is 0. The number of fused-ring (bicyclic) bond motifs is 1. The molecule has 16 heavy (non-hydrogen) atoms. The van der Waals surface area contributed by atoms with Gasteiger partial charge in [-0.1, -0.05) is 43.2 Å². The van der Waals surface area contributed by atoms with Crippen LogP contribution in [0.1, 0.15) is 32.1 Å². The molecule has 1 heterocycles. The molecule has 0 saturated heterocycles. The molecule has 0 unspecified atom stereocenters. The summed E-state index contributed by atoms with van der Waals surface area (Å²) in [4.78, 5) is 4.69. The molecule has 0 spiro atoms. The lowest BCUT2D eigenvalue weighted by molar-refractivity contribution is 0.516. The number of rotatable bonds is 2. The third kappa shape index (κ3) is 2.25. The number of aromatic nitrogens is 1. The van der Waals surface area contributed by atoms with Crippen LogP contribution in [0, 0.1) is 0 Å². The zero-order valence-electron chi connectivity index (χ0n) is 9.19. The smallest absolute Gasteiger partial charge is 0.151 e. The second-order valence-corrected chi connectivity index (χ2v) is 6.90. The van der Waals surface area contributed by atoms with Crippen LogP contribution in [-0.4, -0.2) is 10.2 Å². The topological polar surface area (TPSA) is 12.9 Å². The average Bonchev–Trinajstić information content (AvgIpc) is 2.72. The highest BCUT2D eigenvalue weighted by Gasteiger charge is 2.16. The standard InChI is InChI=1S/C13H15NS2/c1-2-6-10(7-3-1)15-13-14-11-8-4-5-9-12(11)16-13/h4-5,8-10H,1-3,6-7H2. The lowest BCUT2D eigenvalue weighted by Gasteiger charge is -2.19. The fourth-order valence-corrected chi connectivity index (χ4v) is 4.80. The molecule has 3 heteroatoms. The Morgan fingerprint density at radius 1 is 1.12 bits per heavy atom. The van der Waals surface area contributed by atoms with Crippen LogP contribution >= 0.6 is 23.1 Å². The highest BCUT2D eigenvalue weighted by Crippen LogP contribution is 2.37. The number of hydrogen-bond acceptors (Lipinski definition) is 3. The van der Waals surface area contributed by atoms with Crippen molar-refractivity contribution in [3.63, 3.8) is 0 Å². The van der Waals surface area contributed by atoms with Crippen molar-refractivity contribution in [1.29, 1.82) is 0 Å². The van der Waals surface area contributed by atoms with Crippen LogP contribution in [0.5, 0.6) is 0 Å². The van der Waals surface area contributed by atoms with Gasteiger partial charge in [0.2, 0.25) is 0 Å². The molecule has 0 atom stereocenters. The summed E-state index contributed by atoms with van der Waals surface area (Å²) in [5.41, 5.74) is 1.16. The molecule has 0 amide bonds. The van der Waals surface area contributed by atoms with E-state index in [0.717, 1.165) is 10.8 Å². The van der Waals surface area contributed by atoms with E-state index in [1.54, 1.807) is 0 Å². The summed E-state index contributed by atoms with van der Waals surface area (Å²) in [7, 11) is 0. The summed E-state index contributed by atoms with van der Waals surface area (Å²) >= 11 is 3.84. The molecule has 0 N–H and O–H groups in total. The lowest BCUT2D eigenvalue weighted by atomic mass is 10.0. The molecule has 0 radical (unpaired) electrons. The second-order valence-electron chi connectivity index (χ2n) is 4.33. The molecule has 1 saturated carbocycles. The first-order chi connectivity index (χ1) is 7.92. The van der Waals surface area contributed by atoms with E-state index in [9.17, 15) is 0 Å². The van der Waals surface area contributed by atoms with Gasteiger partial charge in [0, 0.05) is 5.25 Å². The maximum Gasteiger partial charge on any atom is 0.151 e. The van der Waals surface area contributed by atoms with Crippen LogP contribution in [0.25, 0.3) is 10.2 Å². The highest BCUT2D eigenvalue weighted by atomic mass is 32.2. The Morgan fingerprint density at radius 2 is 1.94 bits per heavy atom. The second kappa shape index (κ2) is 4.76. The predicted octanol–water partition coefficient (Wildman–Crippen LogP) is 4.72. The monoisotopic (exact) mass is 249 g/mol. The third-order valence-electron chi connectivity index (χ3n) is 3.09. The summed E-state index contributed by atoms with van der Waals surface area (Å²) < 4.78 is 2.58. The quantitative estimate of drug-likeness (QED) is 0.763. The van der Waals surface area contributed by atoms with Gasteiger partial charge in [0.15, 0.2) is 4.34 Å². The highest BCUT2D eigenvalue weighted by molar-refractivity contribution is 8.01. The van der Waals surface area contributed by atoms with Crippen LogP contribution in [0.2, 0.25) is 0 Å². The first kappa shape index (κ1) is 10.6. The van der Waals surface area contributed by atoms with E-state index in [1.165, 1.54) is 41.1 Å². The van der Waals surface area contributed by atoms with E-state index in [0.29, 0.717) is 0 Å². The summed E-state index contributed by atoms with van der Waals surface area (Å²) in [5, 5.41) is 0.814. The number of para-hydroxylation sites is 1. The molecule has 1 fully saturated rings. The van der Waals surface area contributed by atoms with Crippen molar-refractivity contribution in [2.24, 2.45) is 0 Å². The molecule has 1 nitrogen and oxygen atoms in total. The molecule has 1 aromatic heterocycles. The van der Waals surface area contributed by atoms with Crippen LogP contribution in [0.4, 0.5) is 0 Å². The van der Waals surface area contributed by atoms with Crippen molar-refractivity contribution in [1.82, 2.24) is 4.98 Å². The molecule has 0 bridgehead atoms. The average molecular weight is 249 g/mol. The number of thiazole rings is 1. The number of nitrogens with zero attached hydrogens (tertiary/aromatic N) is 1. The zero-order valence-corrected chi connectivity index (χ0v) is 10.8. The Hall–Kier alpha value is -0.540. The van der Waals surface area contributed by atoms with E-state index in [1.807, 2.05) is 23.1 Å². The molecule has 1 aromatic carbocycles. The van der Waals surface area contributed by atoms with Crippen LogP contribution < -0.4 is 0 Å². The van der Waals surface area contributed by atoms with Gasteiger partial charge in [-0.05, 0) is 25.0 Å². The van der Waals surface area contributed by atoms with Gasteiger partial charge in [-0.25, -0.2) is 4.98 Å². The Morgan fingerprint density at radius 3 is 2.75 bits per heavy atom. The van der Waals surface area contributed by atoms with Crippen LogP contribution in [0.3, 0.4) is 0 Å². The van der Waals surface area contributed by atoms with E-state index in [2.05, 4.69) is 29.2 Å². The minimum atomic E-state index is 0.814. The predicted molar refractivity (Wildman–Crippen MR) is 72.4 cm³/mol. The number of benzene rings is 1. The van der Waals surface area contributed by atoms with Gasteiger partial charge >= 0.3 is 0 Å². The molecular formula is C13H15NS2. The van der Waals surface area contributed by atoms with Crippen LogP contribution in [0.15, 0.2) is 28.6 Å². The normalized spacial score (nSPS) is 18.0. The Balaban J connectivity index is 1.78. The third-order valence-corrected chi connectivity index (χ3v) is 5.56. The maximum absolute atomic E-state index is 4.69. The van der Waals surface area contributed by atoms with Crippen molar-refractivity contribution < 1.29 is 0 Å². The van der Waals surface area contributed by atoms with Gasteiger partial charge in [0.05, 0.1) is 10.2 Å². The Bertz CT molecular complexity index is 438. The largest absolute Gasteiger partial charge is 0.230 e. The van der Waals surface area contributed by atoms with Crippen molar-refractivity contribution in [3.8, 4) is 0 Å². The molecule has 2 aromatic rings. The minimum Gasteiger partial charge on any atom is -0.230 e. The van der Waals surface area contributed by atoms with Gasteiger partial charge in [0.25, 0.3) is 0 Å². The van der Waals surface area contributed by atoms with Gasteiger partial charge in [-0.2, -0.15) is 0 Å². The van der Waals surface area contributed by atoms with E-state index in [4.69, 9.17) is 0 Å². The van der Waals surface area contributed by atoms with E-state index < -0.39 is 0 Å². The first-order valence-corrected chi connectivity index (χ1v) is 7.64. The van der Waals surface area contributed by atoms with Crippen molar-refractivity contribution >= 4 is 33.3 Å². The lowest BCUT2D eigenvalue weighted by Crippen LogP contribution is -2.07. The number of thioether (sulfide) groups is 1. The van der Waals surface area contributed by atoms with Gasteiger partial charge in [-0.15, -0.1) is 11.3 Å². The summed E-state index contributed by atoms with van der Waals surface area (Å²) in [6, 6.07) is 8.43. The molecule has 84 valence electrons. The Labute approximate surface area is 104 Å². The van der Waals surface area contributed by atoms with Gasteiger partial charge in [-0.3, -0.25) is 0 Å². The maximum atomic E-state index is 4.69. The molecule has 1 aliphatic carbocycles. The minimum absolute atomic E-state index is 0.814. The number of hydrogen-bond donors (Lipinski definition) is 0. The zero-order chi connectivity index (χ0) is 10.8. The Kier molecular flexibility index (Phi) is 3.15. The molecule has 1 aliphatic rings. The van der Waals surface area contributed by atoms with Crippen LogP contribution in [-0.2, 0) is 0 Å². The summed E-state index contributed by atoms with van der Waals surface area (Å²) in [6.07, 6.45) is 6.99. The van der Waals surface area contributed by atoms with Crippen molar-refractivity contribution in [3.05, 3.63) is 24.3 Å². The van der Waals surface area contributed by atoms with Gasteiger partial charge in [0.1, 0.15) is 0 Å². The van der Waals surface area contributed by atoms with Crippen molar-refractivity contribution in [2.45, 2.75) is 41.7 Å². The molecule has 3 rings (SSSR count). The first-order valence-electron chi connectivity index (χ1n) is 5.94.